The molecule has 3 nitrogen and oxygen atoms in total. The van der Waals surface area contributed by atoms with Crippen LogP contribution in [0.1, 0.15) is 30.4 Å². The van der Waals surface area contributed by atoms with Gasteiger partial charge in [-0.15, -0.1) is 0 Å². The molecular weight excluding hydrogens is 186 g/mol. The summed E-state index contributed by atoms with van der Waals surface area (Å²) >= 11 is 0. The summed E-state index contributed by atoms with van der Waals surface area (Å²) in [4.78, 5) is 0. The number of nitrogens with two attached hydrogens (primary N) is 1. The minimum atomic E-state index is 0.0109. The Bertz CT molecular complexity index is 337. The summed E-state index contributed by atoms with van der Waals surface area (Å²) in [5.74, 6) is 0.370. The fraction of sp³-hybridized carbons (Fsp3) is 0.500. The van der Waals surface area contributed by atoms with Gasteiger partial charge >= 0.3 is 0 Å². The Morgan fingerprint density at radius 2 is 2.13 bits per heavy atom. The van der Waals surface area contributed by atoms with Crippen molar-refractivity contribution in [3.8, 4) is 0 Å². The van der Waals surface area contributed by atoms with Crippen LogP contribution < -0.4 is 16.6 Å². The van der Waals surface area contributed by atoms with Crippen LogP contribution in [0, 0.1) is 6.92 Å². The minimum absolute atomic E-state index is 0.0109. The van der Waals surface area contributed by atoms with E-state index >= 15 is 0 Å². The quantitative estimate of drug-likeness (QED) is 0.681. The summed E-state index contributed by atoms with van der Waals surface area (Å²) in [6, 6.07) is 9.03. The highest BCUT2D eigenvalue weighted by atomic mass is 15.4. The molecule has 1 aliphatic rings. The second kappa shape index (κ2) is 4.31. The maximum absolute atomic E-state index is 6.05. The van der Waals surface area contributed by atoms with Crippen LogP contribution in [0.2, 0.25) is 0 Å². The Morgan fingerprint density at radius 3 is 2.80 bits per heavy atom. The number of rotatable bonds is 2. The Labute approximate surface area is 91.0 Å². The number of aryl methyl sites for hydroxylation is 1. The predicted molar refractivity (Wildman–Crippen MR) is 62.2 cm³/mol. The van der Waals surface area contributed by atoms with E-state index in [1.807, 2.05) is 0 Å². The lowest BCUT2D eigenvalue weighted by molar-refractivity contribution is 0.511. The fourth-order valence-electron chi connectivity index (χ4n) is 2.31. The first kappa shape index (κ1) is 10.6. The van der Waals surface area contributed by atoms with Crippen molar-refractivity contribution >= 4 is 0 Å². The molecule has 82 valence electrons. The maximum atomic E-state index is 6.05. The Balaban J connectivity index is 2.28. The third kappa shape index (κ3) is 2.04. The van der Waals surface area contributed by atoms with Gasteiger partial charge in [-0.1, -0.05) is 36.8 Å². The van der Waals surface area contributed by atoms with Crippen LogP contribution in [0.15, 0.2) is 24.3 Å². The third-order valence-corrected chi connectivity index (χ3v) is 3.12. The van der Waals surface area contributed by atoms with E-state index < -0.39 is 0 Å². The molecule has 2 rings (SSSR count). The van der Waals surface area contributed by atoms with Crippen molar-refractivity contribution in [1.82, 2.24) is 10.9 Å². The number of hydrogen-bond acceptors (Lipinski definition) is 3. The highest BCUT2D eigenvalue weighted by molar-refractivity contribution is 5.28. The van der Waals surface area contributed by atoms with E-state index in [9.17, 15) is 0 Å². The van der Waals surface area contributed by atoms with Gasteiger partial charge in [0.2, 0.25) is 0 Å². The Hall–Kier alpha value is -0.900. The van der Waals surface area contributed by atoms with Crippen LogP contribution in [0.25, 0.3) is 0 Å². The second-order valence-electron chi connectivity index (χ2n) is 4.27. The third-order valence-electron chi connectivity index (χ3n) is 3.12. The summed E-state index contributed by atoms with van der Waals surface area (Å²) in [7, 11) is 0. The molecule has 1 heterocycles. The monoisotopic (exact) mass is 205 g/mol. The second-order valence-corrected chi connectivity index (χ2v) is 4.27. The molecule has 3 unspecified atom stereocenters. The lowest BCUT2D eigenvalue weighted by Gasteiger charge is -2.20. The Kier molecular flexibility index (Phi) is 3.05. The van der Waals surface area contributed by atoms with Gasteiger partial charge in [0, 0.05) is 12.0 Å². The summed E-state index contributed by atoms with van der Waals surface area (Å²) in [6.07, 6.45) is 1.09. The smallest absolute Gasteiger partial charge is 0.0764 e. The van der Waals surface area contributed by atoms with Crippen molar-refractivity contribution in [3.05, 3.63) is 35.4 Å². The number of hydrogen-bond donors (Lipinski definition) is 3. The summed E-state index contributed by atoms with van der Waals surface area (Å²) < 4.78 is 0. The standard InChI is InChI=1S/C12H19N3/c1-3-10-11(12(13)15-14-10)9-6-4-5-8(2)7-9/h4-7,10-12,14-15H,3,13H2,1-2H3. The Morgan fingerprint density at radius 1 is 1.33 bits per heavy atom. The normalized spacial score (nSPS) is 30.7. The summed E-state index contributed by atoms with van der Waals surface area (Å²) in [5, 5.41) is 0. The van der Waals surface area contributed by atoms with Crippen molar-refractivity contribution in [2.45, 2.75) is 38.4 Å². The van der Waals surface area contributed by atoms with Crippen LogP contribution in [0.4, 0.5) is 0 Å². The lowest BCUT2D eigenvalue weighted by Crippen LogP contribution is -2.38. The van der Waals surface area contributed by atoms with Gasteiger partial charge in [0.1, 0.15) is 0 Å². The van der Waals surface area contributed by atoms with Crippen LogP contribution in [0.5, 0.6) is 0 Å². The molecule has 0 aliphatic carbocycles. The number of benzene rings is 1. The zero-order chi connectivity index (χ0) is 10.8. The first-order valence-corrected chi connectivity index (χ1v) is 5.55. The first-order valence-electron chi connectivity index (χ1n) is 5.55. The minimum Gasteiger partial charge on any atom is -0.314 e. The zero-order valence-corrected chi connectivity index (χ0v) is 9.33. The molecule has 4 N–H and O–H groups in total. The van der Waals surface area contributed by atoms with Gasteiger partial charge in [-0.3, -0.25) is 5.43 Å². The average molecular weight is 205 g/mol. The van der Waals surface area contributed by atoms with E-state index in [1.54, 1.807) is 0 Å². The topological polar surface area (TPSA) is 50.1 Å². The molecule has 0 bridgehead atoms. The molecule has 1 fully saturated rings. The highest BCUT2D eigenvalue weighted by Crippen LogP contribution is 2.27. The molecule has 0 amide bonds. The highest BCUT2D eigenvalue weighted by Gasteiger charge is 2.33. The van der Waals surface area contributed by atoms with E-state index in [4.69, 9.17) is 5.73 Å². The molecule has 15 heavy (non-hydrogen) atoms. The molecule has 0 spiro atoms. The van der Waals surface area contributed by atoms with Gasteiger partial charge in [0.15, 0.2) is 0 Å². The van der Waals surface area contributed by atoms with Crippen LogP contribution in [-0.2, 0) is 0 Å². The van der Waals surface area contributed by atoms with E-state index in [0.717, 1.165) is 6.42 Å². The van der Waals surface area contributed by atoms with Gasteiger partial charge in [-0.2, -0.15) is 0 Å². The lowest BCUT2D eigenvalue weighted by atomic mass is 9.89. The maximum Gasteiger partial charge on any atom is 0.0764 e. The van der Waals surface area contributed by atoms with Crippen LogP contribution in [0.3, 0.4) is 0 Å². The average Bonchev–Trinajstić information content (AvgIpc) is 2.59. The molecule has 0 radical (unpaired) electrons. The summed E-state index contributed by atoms with van der Waals surface area (Å²) in [6.45, 7) is 4.30. The van der Waals surface area contributed by atoms with Crippen LogP contribution in [-0.4, -0.2) is 12.2 Å². The van der Waals surface area contributed by atoms with Crippen molar-refractivity contribution in [2.24, 2.45) is 5.73 Å². The van der Waals surface area contributed by atoms with Gasteiger partial charge in [-0.05, 0) is 18.9 Å². The predicted octanol–water partition coefficient (Wildman–Crippen LogP) is 1.25. The fourth-order valence-corrected chi connectivity index (χ4v) is 2.31. The van der Waals surface area contributed by atoms with E-state index in [0.29, 0.717) is 12.0 Å². The molecule has 3 heteroatoms. The van der Waals surface area contributed by atoms with Gasteiger partial charge in [0.05, 0.1) is 6.17 Å². The molecule has 1 aromatic carbocycles. The molecule has 1 saturated heterocycles. The summed E-state index contributed by atoms with van der Waals surface area (Å²) in [5.41, 5.74) is 15.0. The molecule has 0 saturated carbocycles. The van der Waals surface area contributed by atoms with Crippen molar-refractivity contribution < 1.29 is 0 Å². The molecule has 0 aromatic heterocycles. The molecule has 1 aliphatic heterocycles. The molecule has 1 aromatic rings. The zero-order valence-electron chi connectivity index (χ0n) is 9.33. The van der Waals surface area contributed by atoms with Crippen LogP contribution >= 0.6 is 0 Å². The number of nitrogens with one attached hydrogen (secondary N) is 2. The van der Waals surface area contributed by atoms with Gasteiger partial charge in [-0.25, -0.2) is 5.43 Å². The van der Waals surface area contributed by atoms with E-state index in [-0.39, 0.29) is 6.17 Å². The van der Waals surface area contributed by atoms with E-state index in [2.05, 4.69) is 49.0 Å². The first-order chi connectivity index (χ1) is 7.22. The van der Waals surface area contributed by atoms with Gasteiger partial charge in [0.25, 0.3) is 0 Å². The van der Waals surface area contributed by atoms with Gasteiger partial charge < -0.3 is 5.73 Å². The molecular formula is C12H19N3. The van der Waals surface area contributed by atoms with Crippen molar-refractivity contribution in [3.63, 3.8) is 0 Å². The SMILES string of the molecule is CCC1NNC(N)C1c1cccc(C)c1. The van der Waals surface area contributed by atoms with Crippen molar-refractivity contribution in [1.29, 1.82) is 0 Å². The largest absolute Gasteiger partial charge is 0.314 e. The number of hydrazine groups is 1. The molecule has 3 atom stereocenters. The van der Waals surface area contributed by atoms with Crippen molar-refractivity contribution in [2.75, 3.05) is 0 Å². The van der Waals surface area contributed by atoms with E-state index in [1.165, 1.54) is 11.1 Å².